The Morgan fingerprint density at radius 1 is 1.50 bits per heavy atom. The van der Waals surface area contributed by atoms with Crippen molar-refractivity contribution in [2.75, 3.05) is 0 Å². The molecule has 0 bridgehead atoms. The summed E-state index contributed by atoms with van der Waals surface area (Å²) in [6, 6.07) is 6.31. The molecule has 1 rings (SSSR count). The van der Waals surface area contributed by atoms with Crippen LogP contribution in [0.2, 0.25) is 0 Å². The van der Waals surface area contributed by atoms with Crippen molar-refractivity contribution < 1.29 is 4.42 Å². The Kier molecular flexibility index (Phi) is 4.21. The number of hydrogen-bond acceptors (Lipinski definition) is 3. The molecular weight excluding hydrogens is 176 g/mol. The first-order chi connectivity index (χ1) is 6.76. The zero-order valence-corrected chi connectivity index (χ0v) is 8.71. The SMILES string of the molecule is CCc1ccc(CNC(C)CC#N)o1. The molecule has 0 saturated heterocycles. The van der Waals surface area contributed by atoms with Gasteiger partial charge in [0.2, 0.25) is 0 Å². The van der Waals surface area contributed by atoms with E-state index in [0.717, 1.165) is 17.9 Å². The fourth-order valence-electron chi connectivity index (χ4n) is 1.19. The van der Waals surface area contributed by atoms with E-state index in [2.05, 4.69) is 18.3 Å². The van der Waals surface area contributed by atoms with Crippen molar-refractivity contribution in [2.45, 2.75) is 39.3 Å². The lowest BCUT2D eigenvalue weighted by atomic mass is 10.2. The van der Waals surface area contributed by atoms with Crippen LogP contribution in [0, 0.1) is 11.3 Å². The zero-order chi connectivity index (χ0) is 10.4. The number of furan rings is 1. The molecule has 0 aliphatic carbocycles. The van der Waals surface area contributed by atoms with Gasteiger partial charge in [0.1, 0.15) is 11.5 Å². The molecule has 1 heterocycles. The third-order valence-electron chi connectivity index (χ3n) is 2.09. The van der Waals surface area contributed by atoms with E-state index >= 15 is 0 Å². The molecule has 1 unspecified atom stereocenters. The summed E-state index contributed by atoms with van der Waals surface area (Å²) in [5, 5.41) is 11.7. The molecule has 0 aliphatic rings. The molecule has 1 aromatic heterocycles. The molecule has 0 spiro atoms. The molecule has 76 valence electrons. The third kappa shape index (κ3) is 3.23. The Balaban J connectivity index is 2.34. The molecule has 1 atom stereocenters. The maximum atomic E-state index is 8.46. The van der Waals surface area contributed by atoms with Crippen molar-refractivity contribution in [1.82, 2.24) is 5.32 Å². The number of nitrogens with zero attached hydrogens (tertiary/aromatic N) is 1. The van der Waals surface area contributed by atoms with Gasteiger partial charge in [0, 0.05) is 12.5 Å². The molecule has 0 fully saturated rings. The van der Waals surface area contributed by atoms with Gasteiger partial charge in [-0.15, -0.1) is 0 Å². The van der Waals surface area contributed by atoms with Crippen LogP contribution in [0.25, 0.3) is 0 Å². The van der Waals surface area contributed by atoms with Crippen molar-refractivity contribution in [3.8, 4) is 6.07 Å². The van der Waals surface area contributed by atoms with Crippen molar-refractivity contribution >= 4 is 0 Å². The normalized spacial score (nSPS) is 12.4. The fraction of sp³-hybridized carbons (Fsp3) is 0.545. The van der Waals surface area contributed by atoms with Gasteiger partial charge in [-0.25, -0.2) is 0 Å². The van der Waals surface area contributed by atoms with Crippen molar-refractivity contribution in [3.05, 3.63) is 23.7 Å². The Labute approximate surface area is 84.7 Å². The summed E-state index contributed by atoms with van der Waals surface area (Å²) in [6.07, 6.45) is 1.45. The summed E-state index contributed by atoms with van der Waals surface area (Å²) in [7, 11) is 0. The average molecular weight is 192 g/mol. The van der Waals surface area contributed by atoms with Gasteiger partial charge >= 0.3 is 0 Å². The quantitative estimate of drug-likeness (QED) is 0.778. The van der Waals surface area contributed by atoms with E-state index in [0.29, 0.717) is 13.0 Å². The summed E-state index contributed by atoms with van der Waals surface area (Å²) in [5.41, 5.74) is 0. The third-order valence-corrected chi connectivity index (χ3v) is 2.09. The molecule has 0 saturated carbocycles. The van der Waals surface area contributed by atoms with E-state index in [4.69, 9.17) is 9.68 Å². The summed E-state index contributed by atoms with van der Waals surface area (Å²) in [5.74, 6) is 1.95. The second-order valence-corrected chi connectivity index (χ2v) is 3.37. The van der Waals surface area contributed by atoms with Gasteiger partial charge in [0.25, 0.3) is 0 Å². The first-order valence-corrected chi connectivity index (χ1v) is 4.94. The molecule has 14 heavy (non-hydrogen) atoms. The van der Waals surface area contributed by atoms with Gasteiger partial charge in [-0.2, -0.15) is 5.26 Å². The van der Waals surface area contributed by atoms with E-state index in [9.17, 15) is 0 Å². The maximum absolute atomic E-state index is 8.46. The Bertz CT molecular complexity index is 311. The monoisotopic (exact) mass is 192 g/mol. The maximum Gasteiger partial charge on any atom is 0.117 e. The van der Waals surface area contributed by atoms with Crippen LogP contribution in [0.15, 0.2) is 16.5 Å². The van der Waals surface area contributed by atoms with Crippen LogP contribution in [0.5, 0.6) is 0 Å². The van der Waals surface area contributed by atoms with Crippen LogP contribution in [-0.4, -0.2) is 6.04 Å². The predicted octanol–water partition coefficient (Wildman–Crippen LogP) is 2.23. The van der Waals surface area contributed by atoms with Crippen LogP contribution in [0.3, 0.4) is 0 Å². The van der Waals surface area contributed by atoms with Gasteiger partial charge in [0.15, 0.2) is 0 Å². The average Bonchev–Trinajstić information content (AvgIpc) is 2.63. The Morgan fingerprint density at radius 3 is 2.79 bits per heavy atom. The number of hydrogen-bond donors (Lipinski definition) is 1. The van der Waals surface area contributed by atoms with Crippen molar-refractivity contribution in [2.24, 2.45) is 0 Å². The molecule has 0 amide bonds. The van der Waals surface area contributed by atoms with Gasteiger partial charge in [-0.1, -0.05) is 6.92 Å². The number of aryl methyl sites for hydroxylation is 1. The first-order valence-electron chi connectivity index (χ1n) is 4.94. The predicted molar refractivity (Wildman–Crippen MR) is 54.6 cm³/mol. The van der Waals surface area contributed by atoms with Gasteiger partial charge < -0.3 is 9.73 Å². The highest BCUT2D eigenvalue weighted by atomic mass is 16.3. The number of nitrogens with one attached hydrogen (secondary N) is 1. The molecule has 3 nitrogen and oxygen atoms in total. The van der Waals surface area contributed by atoms with Crippen LogP contribution in [0.4, 0.5) is 0 Å². The van der Waals surface area contributed by atoms with Crippen LogP contribution in [0.1, 0.15) is 31.8 Å². The highest BCUT2D eigenvalue weighted by Gasteiger charge is 2.03. The minimum Gasteiger partial charge on any atom is -0.465 e. The minimum absolute atomic E-state index is 0.218. The summed E-state index contributed by atoms with van der Waals surface area (Å²) in [4.78, 5) is 0. The van der Waals surface area contributed by atoms with Crippen molar-refractivity contribution in [1.29, 1.82) is 5.26 Å². The second-order valence-electron chi connectivity index (χ2n) is 3.37. The van der Waals surface area contributed by atoms with Gasteiger partial charge in [-0.05, 0) is 19.1 Å². The van der Waals surface area contributed by atoms with Crippen LogP contribution < -0.4 is 5.32 Å². The Morgan fingerprint density at radius 2 is 2.21 bits per heavy atom. The fourth-order valence-corrected chi connectivity index (χ4v) is 1.19. The Hall–Kier alpha value is -1.27. The van der Waals surface area contributed by atoms with E-state index in [1.165, 1.54) is 0 Å². The molecule has 1 N–H and O–H groups in total. The standard InChI is InChI=1S/C11H16N2O/c1-3-10-4-5-11(14-10)8-13-9(2)6-7-12/h4-5,9,13H,3,6,8H2,1-2H3. The van der Waals surface area contributed by atoms with Crippen LogP contribution in [-0.2, 0) is 13.0 Å². The lowest BCUT2D eigenvalue weighted by Gasteiger charge is -2.07. The summed E-state index contributed by atoms with van der Waals surface area (Å²) >= 11 is 0. The molecule has 0 radical (unpaired) electrons. The topological polar surface area (TPSA) is 49.0 Å². The lowest BCUT2D eigenvalue weighted by Crippen LogP contribution is -2.24. The molecule has 0 aliphatic heterocycles. The summed E-state index contributed by atoms with van der Waals surface area (Å²) < 4.78 is 5.52. The minimum atomic E-state index is 0.218. The molecular formula is C11H16N2O. The molecule has 3 heteroatoms. The zero-order valence-electron chi connectivity index (χ0n) is 8.71. The number of nitriles is 1. The van der Waals surface area contributed by atoms with E-state index in [1.54, 1.807) is 0 Å². The second kappa shape index (κ2) is 5.46. The summed E-state index contributed by atoms with van der Waals surface area (Å²) in [6.45, 7) is 4.75. The van der Waals surface area contributed by atoms with E-state index < -0.39 is 0 Å². The number of rotatable bonds is 5. The smallest absolute Gasteiger partial charge is 0.117 e. The highest BCUT2D eigenvalue weighted by molar-refractivity contribution is 5.06. The van der Waals surface area contributed by atoms with Crippen LogP contribution >= 0.6 is 0 Å². The highest BCUT2D eigenvalue weighted by Crippen LogP contribution is 2.08. The first kappa shape index (κ1) is 10.8. The largest absolute Gasteiger partial charge is 0.465 e. The van der Waals surface area contributed by atoms with Gasteiger partial charge in [-0.3, -0.25) is 0 Å². The molecule has 0 aromatic carbocycles. The molecule has 1 aromatic rings. The van der Waals surface area contributed by atoms with Gasteiger partial charge in [0.05, 0.1) is 19.0 Å². The lowest BCUT2D eigenvalue weighted by molar-refractivity contribution is 0.433. The van der Waals surface area contributed by atoms with E-state index in [-0.39, 0.29) is 6.04 Å². The van der Waals surface area contributed by atoms with E-state index in [1.807, 2.05) is 19.1 Å². The van der Waals surface area contributed by atoms with Crippen molar-refractivity contribution in [3.63, 3.8) is 0 Å².